The lowest BCUT2D eigenvalue weighted by Gasteiger charge is -2.34. The van der Waals surface area contributed by atoms with Crippen LogP contribution in [-0.2, 0) is 19.7 Å². The molecule has 2 atom stereocenters. The van der Waals surface area contributed by atoms with Gasteiger partial charge in [0.2, 0.25) is 5.91 Å². The number of carboxylic acid groups (broad SMARTS) is 1. The van der Waals surface area contributed by atoms with E-state index >= 15 is 0 Å². The molecule has 0 spiro atoms. The minimum Gasteiger partial charge on any atom is -0.481 e. The second-order valence-electron chi connectivity index (χ2n) is 7.30. The Kier molecular flexibility index (Phi) is 4.11. The molecule has 6 heteroatoms. The molecule has 3 rings (SSSR count). The number of carboxylic acids is 1. The lowest BCUT2D eigenvalue weighted by atomic mass is 9.74. The molecule has 24 heavy (non-hydrogen) atoms. The molecule has 2 fully saturated rings. The summed E-state index contributed by atoms with van der Waals surface area (Å²) in [6, 6.07) is 5.88. The van der Waals surface area contributed by atoms with E-state index in [0.717, 1.165) is 0 Å². The Bertz CT molecular complexity index is 657. The van der Waals surface area contributed by atoms with E-state index in [1.165, 1.54) is 12.1 Å². The third-order valence-electron chi connectivity index (χ3n) is 5.52. The van der Waals surface area contributed by atoms with Gasteiger partial charge in [-0.1, -0.05) is 12.1 Å². The summed E-state index contributed by atoms with van der Waals surface area (Å²) in [5.74, 6) is -1.53. The Morgan fingerprint density at radius 3 is 2.58 bits per heavy atom. The summed E-state index contributed by atoms with van der Waals surface area (Å²) in [5, 5.41) is 9.71. The van der Waals surface area contributed by atoms with Gasteiger partial charge in [0.15, 0.2) is 0 Å². The first kappa shape index (κ1) is 16.9. The number of hydrogen-bond donors (Lipinski definition) is 1. The number of carbonyl (C=O) groups excluding carboxylic acids is 1. The van der Waals surface area contributed by atoms with Crippen LogP contribution in [0.2, 0.25) is 0 Å². The number of fused-ring (bicyclic) bond motifs is 1. The molecule has 1 N–H and O–H groups in total. The molecule has 1 amide bonds. The third-order valence-corrected chi connectivity index (χ3v) is 5.52. The fraction of sp³-hybridized carbons (Fsp3) is 0.556. The second kappa shape index (κ2) is 5.84. The average Bonchev–Trinajstić information content (AvgIpc) is 2.95. The number of nitrogens with zero attached hydrogens (tertiary/aromatic N) is 1. The van der Waals surface area contributed by atoms with Gasteiger partial charge in [0.1, 0.15) is 5.82 Å². The van der Waals surface area contributed by atoms with Crippen molar-refractivity contribution in [3.8, 4) is 0 Å². The van der Waals surface area contributed by atoms with E-state index in [0.29, 0.717) is 31.7 Å². The largest absolute Gasteiger partial charge is 0.481 e. The standard InChI is InChI=1S/C18H22FNO4/c1-17(2,12-3-5-14(19)6-4-12)15(21)20-9-13-10-24-8-7-18(13,11-20)16(22)23/h3-6,13H,7-11H2,1-2H3,(H,22,23)/t13-,18+/m0/s1. The molecule has 5 nitrogen and oxygen atoms in total. The molecular formula is C18H22FNO4. The number of hydrogen-bond acceptors (Lipinski definition) is 3. The molecule has 2 aliphatic rings. The molecule has 0 aliphatic carbocycles. The molecule has 0 bridgehead atoms. The van der Waals surface area contributed by atoms with Crippen LogP contribution in [0, 0.1) is 17.2 Å². The van der Waals surface area contributed by atoms with Crippen LogP contribution < -0.4 is 0 Å². The summed E-state index contributed by atoms with van der Waals surface area (Å²) < 4.78 is 18.6. The van der Waals surface area contributed by atoms with Crippen molar-refractivity contribution in [3.63, 3.8) is 0 Å². The average molecular weight is 335 g/mol. The van der Waals surface area contributed by atoms with Crippen molar-refractivity contribution in [1.29, 1.82) is 0 Å². The van der Waals surface area contributed by atoms with Crippen LogP contribution in [0.1, 0.15) is 25.8 Å². The van der Waals surface area contributed by atoms with Crippen molar-refractivity contribution in [3.05, 3.63) is 35.6 Å². The van der Waals surface area contributed by atoms with Crippen molar-refractivity contribution >= 4 is 11.9 Å². The highest BCUT2D eigenvalue weighted by Crippen LogP contribution is 2.43. The molecule has 2 heterocycles. The number of likely N-dealkylation sites (tertiary alicyclic amines) is 1. The molecule has 0 unspecified atom stereocenters. The van der Waals surface area contributed by atoms with Gasteiger partial charge in [-0.25, -0.2) is 4.39 Å². The van der Waals surface area contributed by atoms with Gasteiger partial charge in [-0.2, -0.15) is 0 Å². The Hall–Kier alpha value is -1.95. The summed E-state index contributed by atoms with van der Waals surface area (Å²) in [6.45, 7) is 4.94. The van der Waals surface area contributed by atoms with Crippen LogP contribution in [-0.4, -0.2) is 48.2 Å². The third kappa shape index (κ3) is 2.59. The topological polar surface area (TPSA) is 66.8 Å². The van der Waals surface area contributed by atoms with Gasteiger partial charge >= 0.3 is 5.97 Å². The minimum atomic E-state index is -0.910. The molecule has 0 aromatic heterocycles. The van der Waals surface area contributed by atoms with Crippen molar-refractivity contribution < 1.29 is 23.8 Å². The maximum absolute atomic E-state index is 13.1. The van der Waals surface area contributed by atoms with Gasteiger partial charge in [0, 0.05) is 25.6 Å². The Morgan fingerprint density at radius 1 is 1.33 bits per heavy atom. The molecule has 130 valence electrons. The second-order valence-corrected chi connectivity index (χ2v) is 7.30. The summed E-state index contributed by atoms with van der Waals surface area (Å²) in [6.07, 6.45) is 0.424. The number of ether oxygens (including phenoxy) is 1. The summed E-state index contributed by atoms with van der Waals surface area (Å²) in [5.41, 5.74) is -1.04. The first-order valence-corrected chi connectivity index (χ1v) is 8.14. The quantitative estimate of drug-likeness (QED) is 0.918. The molecular weight excluding hydrogens is 313 g/mol. The SMILES string of the molecule is CC(C)(C(=O)N1C[C@H]2COCC[C@@]2(C(=O)O)C1)c1ccc(F)cc1. The van der Waals surface area contributed by atoms with Crippen molar-refractivity contribution in [2.24, 2.45) is 11.3 Å². The zero-order valence-corrected chi connectivity index (χ0v) is 13.9. The van der Waals surface area contributed by atoms with Crippen LogP contribution in [0.3, 0.4) is 0 Å². The predicted octanol–water partition coefficient (Wildman–Crippen LogP) is 2.05. The monoisotopic (exact) mass is 335 g/mol. The zero-order valence-electron chi connectivity index (χ0n) is 13.9. The minimum absolute atomic E-state index is 0.135. The lowest BCUT2D eigenvalue weighted by molar-refractivity contribution is -0.157. The highest BCUT2D eigenvalue weighted by atomic mass is 19.1. The van der Waals surface area contributed by atoms with Gasteiger partial charge in [0.05, 0.1) is 17.4 Å². The predicted molar refractivity (Wildman–Crippen MR) is 85.0 cm³/mol. The number of halogens is 1. The van der Waals surface area contributed by atoms with E-state index in [-0.39, 0.29) is 24.2 Å². The van der Waals surface area contributed by atoms with Crippen LogP contribution in [0.4, 0.5) is 4.39 Å². The fourth-order valence-electron chi connectivity index (χ4n) is 3.84. The van der Waals surface area contributed by atoms with E-state index in [1.807, 2.05) is 0 Å². The van der Waals surface area contributed by atoms with Gasteiger partial charge in [0.25, 0.3) is 0 Å². The van der Waals surface area contributed by atoms with Gasteiger partial charge < -0.3 is 14.7 Å². The van der Waals surface area contributed by atoms with E-state index in [1.54, 1.807) is 30.9 Å². The maximum atomic E-state index is 13.1. The molecule has 2 aliphatic heterocycles. The Labute approximate surface area is 140 Å². The first-order chi connectivity index (χ1) is 11.3. The zero-order chi connectivity index (χ0) is 17.5. The highest BCUT2D eigenvalue weighted by Gasteiger charge is 2.56. The van der Waals surface area contributed by atoms with E-state index in [9.17, 15) is 19.1 Å². The summed E-state index contributed by atoms with van der Waals surface area (Å²) in [7, 11) is 0. The number of benzene rings is 1. The van der Waals surface area contributed by atoms with E-state index in [4.69, 9.17) is 4.74 Å². The van der Waals surface area contributed by atoms with Crippen molar-refractivity contribution in [1.82, 2.24) is 4.90 Å². The first-order valence-electron chi connectivity index (χ1n) is 8.14. The van der Waals surface area contributed by atoms with Crippen molar-refractivity contribution in [2.75, 3.05) is 26.3 Å². The van der Waals surface area contributed by atoms with Gasteiger partial charge in [-0.3, -0.25) is 9.59 Å². The molecule has 0 radical (unpaired) electrons. The van der Waals surface area contributed by atoms with Crippen molar-refractivity contribution in [2.45, 2.75) is 25.7 Å². The number of carbonyl (C=O) groups is 2. The smallest absolute Gasteiger partial charge is 0.311 e. The van der Waals surface area contributed by atoms with Crippen LogP contribution in [0.25, 0.3) is 0 Å². The normalized spacial score (nSPS) is 27.0. The van der Waals surface area contributed by atoms with Crippen LogP contribution in [0.5, 0.6) is 0 Å². The number of amides is 1. The van der Waals surface area contributed by atoms with E-state index < -0.39 is 16.8 Å². The fourth-order valence-corrected chi connectivity index (χ4v) is 3.84. The van der Waals surface area contributed by atoms with Crippen LogP contribution >= 0.6 is 0 Å². The molecule has 2 saturated heterocycles. The maximum Gasteiger partial charge on any atom is 0.311 e. The highest BCUT2D eigenvalue weighted by molar-refractivity contribution is 5.89. The molecule has 1 aromatic rings. The van der Waals surface area contributed by atoms with Gasteiger partial charge in [-0.15, -0.1) is 0 Å². The summed E-state index contributed by atoms with van der Waals surface area (Å²) in [4.78, 5) is 26.5. The number of aliphatic carboxylic acids is 1. The van der Waals surface area contributed by atoms with Crippen LogP contribution in [0.15, 0.2) is 24.3 Å². The molecule has 0 saturated carbocycles. The summed E-state index contributed by atoms with van der Waals surface area (Å²) >= 11 is 0. The molecule has 1 aromatic carbocycles. The Balaban J connectivity index is 1.85. The van der Waals surface area contributed by atoms with E-state index in [2.05, 4.69) is 0 Å². The lowest BCUT2D eigenvalue weighted by Crippen LogP contribution is -2.46. The Morgan fingerprint density at radius 2 is 2.00 bits per heavy atom. The van der Waals surface area contributed by atoms with Gasteiger partial charge in [-0.05, 0) is 38.0 Å². The number of rotatable bonds is 3.